The largest absolute Gasteiger partial charge is 0.467 e. The van der Waals surface area contributed by atoms with Crippen LogP contribution in [0.1, 0.15) is 19.3 Å². The van der Waals surface area contributed by atoms with Crippen molar-refractivity contribution in [3.05, 3.63) is 0 Å². The number of carboxylic acid groups (broad SMARTS) is 1. The van der Waals surface area contributed by atoms with Crippen molar-refractivity contribution in [1.82, 2.24) is 4.90 Å². The average molecular weight is 213 g/mol. The summed E-state index contributed by atoms with van der Waals surface area (Å²) in [6, 6.07) is -0.585. The number of likely N-dealkylation sites (tertiary alicyclic amines) is 1. The molecule has 0 aromatic heterocycles. The molecule has 2 atom stereocenters. The van der Waals surface area contributed by atoms with E-state index in [1.165, 1.54) is 24.9 Å². The number of rotatable bonds is 2. The van der Waals surface area contributed by atoms with Crippen LogP contribution < -0.4 is 0 Å². The lowest BCUT2D eigenvalue weighted by Crippen LogP contribution is -2.40. The summed E-state index contributed by atoms with van der Waals surface area (Å²) < 4.78 is 4.62. The van der Waals surface area contributed by atoms with Crippen molar-refractivity contribution in [2.75, 3.05) is 13.7 Å². The first-order valence-corrected chi connectivity index (χ1v) is 5.21. The van der Waals surface area contributed by atoms with E-state index in [0.717, 1.165) is 0 Å². The van der Waals surface area contributed by atoms with Gasteiger partial charge in [0.1, 0.15) is 6.04 Å². The number of methoxy groups -OCH3 is 1. The van der Waals surface area contributed by atoms with Crippen molar-refractivity contribution in [3.63, 3.8) is 0 Å². The molecule has 0 aromatic carbocycles. The lowest BCUT2D eigenvalue weighted by molar-refractivity contribution is -0.145. The van der Waals surface area contributed by atoms with Gasteiger partial charge in [-0.1, -0.05) is 0 Å². The summed E-state index contributed by atoms with van der Waals surface area (Å²) in [6.45, 7) is 0.486. The number of amides is 1. The number of hydrogen-bond acceptors (Lipinski definition) is 3. The number of hydrogen-bond donors (Lipinski definition) is 1. The number of ether oxygens (including phenoxy) is 1. The number of carbonyl (C=O) groups is 2. The zero-order valence-electron chi connectivity index (χ0n) is 8.68. The molecule has 0 radical (unpaired) electrons. The standard InChI is InChI=1S/C10H15NO4/c1-15-9(12)8-4-7(6-2-3-6)5-11(8)10(13)14/h6-8H,2-5H2,1H3,(H,13,14)/t7-,8+/m1/s1. The molecule has 2 aliphatic rings. The topological polar surface area (TPSA) is 66.8 Å². The van der Waals surface area contributed by atoms with E-state index in [4.69, 9.17) is 5.11 Å². The monoisotopic (exact) mass is 213 g/mol. The van der Waals surface area contributed by atoms with Gasteiger partial charge >= 0.3 is 12.1 Å². The van der Waals surface area contributed by atoms with Crippen molar-refractivity contribution in [3.8, 4) is 0 Å². The van der Waals surface area contributed by atoms with E-state index in [2.05, 4.69) is 4.74 Å². The Hall–Kier alpha value is -1.26. The van der Waals surface area contributed by atoms with Gasteiger partial charge in [0.25, 0.3) is 0 Å². The Bertz CT molecular complexity index is 287. The van der Waals surface area contributed by atoms with Gasteiger partial charge in [-0.15, -0.1) is 0 Å². The van der Waals surface area contributed by atoms with Gasteiger partial charge in [0.2, 0.25) is 0 Å². The number of esters is 1. The molecule has 5 heteroatoms. The van der Waals surface area contributed by atoms with Gasteiger partial charge in [-0.2, -0.15) is 0 Å². The lowest BCUT2D eigenvalue weighted by atomic mass is 10.0. The zero-order chi connectivity index (χ0) is 11.0. The van der Waals surface area contributed by atoms with Gasteiger partial charge < -0.3 is 9.84 Å². The molecule has 0 bridgehead atoms. The molecular formula is C10H15NO4. The molecule has 1 aliphatic carbocycles. The third-order valence-corrected chi connectivity index (χ3v) is 3.34. The minimum atomic E-state index is -1.02. The highest BCUT2D eigenvalue weighted by Gasteiger charge is 2.45. The summed E-state index contributed by atoms with van der Waals surface area (Å²) in [5, 5.41) is 8.97. The minimum absolute atomic E-state index is 0.352. The van der Waals surface area contributed by atoms with Crippen molar-refractivity contribution >= 4 is 12.1 Å². The Morgan fingerprint density at radius 1 is 1.33 bits per heavy atom. The van der Waals surface area contributed by atoms with E-state index in [9.17, 15) is 9.59 Å². The van der Waals surface area contributed by atoms with Crippen molar-refractivity contribution in [2.45, 2.75) is 25.3 Å². The number of carbonyl (C=O) groups excluding carboxylic acids is 1. The van der Waals surface area contributed by atoms with Crippen molar-refractivity contribution in [2.24, 2.45) is 11.8 Å². The van der Waals surface area contributed by atoms with Crippen LogP contribution in [-0.2, 0) is 9.53 Å². The first-order chi connectivity index (χ1) is 7.13. The molecule has 1 aliphatic heterocycles. The second kappa shape index (κ2) is 3.72. The van der Waals surface area contributed by atoms with Crippen molar-refractivity contribution < 1.29 is 19.4 Å². The van der Waals surface area contributed by atoms with Crippen LogP contribution in [0.25, 0.3) is 0 Å². The summed E-state index contributed by atoms with van der Waals surface area (Å²) in [5.74, 6) is 0.548. The van der Waals surface area contributed by atoms with Gasteiger partial charge in [0.15, 0.2) is 0 Å². The predicted molar refractivity (Wildman–Crippen MR) is 51.4 cm³/mol. The van der Waals surface area contributed by atoms with Gasteiger partial charge in [0.05, 0.1) is 7.11 Å². The molecule has 2 rings (SSSR count). The van der Waals surface area contributed by atoms with Crippen LogP contribution >= 0.6 is 0 Å². The molecular weight excluding hydrogens is 198 g/mol. The normalized spacial score (nSPS) is 30.3. The maximum absolute atomic E-state index is 11.4. The quantitative estimate of drug-likeness (QED) is 0.693. The molecule has 1 N–H and O–H groups in total. The Balaban J connectivity index is 2.06. The first-order valence-electron chi connectivity index (χ1n) is 5.21. The summed E-state index contributed by atoms with van der Waals surface area (Å²) in [7, 11) is 1.30. The van der Waals surface area contributed by atoms with Crippen LogP contribution in [0, 0.1) is 11.8 Å². The van der Waals surface area contributed by atoms with Crippen LogP contribution in [0.2, 0.25) is 0 Å². The molecule has 15 heavy (non-hydrogen) atoms. The molecule has 1 amide bonds. The fourth-order valence-electron chi connectivity index (χ4n) is 2.35. The Morgan fingerprint density at radius 3 is 2.47 bits per heavy atom. The molecule has 2 fully saturated rings. The molecule has 84 valence electrons. The highest BCUT2D eigenvalue weighted by atomic mass is 16.5. The summed E-state index contributed by atoms with van der Waals surface area (Å²) in [6.07, 6.45) is 1.95. The van der Waals surface area contributed by atoms with Gasteiger partial charge in [-0.05, 0) is 31.1 Å². The van der Waals surface area contributed by atoms with E-state index < -0.39 is 18.1 Å². The maximum Gasteiger partial charge on any atom is 0.408 e. The van der Waals surface area contributed by atoms with E-state index in [1.54, 1.807) is 0 Å². The Kier molecular flexibility index (Phi) is 2.54. The molecule has 1 saturated heterocycles. The Morgan fingerprint density at radius 2 is 2.00 bits per heavy atom. The van der Waals surface area contributed by atoms with Gasteiger partial charge in [-0.25, -0.2) is 9.59 Å². The average Bonchev–Trinajstić information content (AvgIpc) is 2.96. The SMILES string of the molecule is COC(=O)[C@@H]1C[C@@H](C2CC2)CN1C(=O)O. The zero-order valence-corrected chi connectivity index (χ0v) is 8.68. The van der Waals surface area contributed by atoms with E-state index in [1.807, 2.05) is 0 Å². The molecule has 1 heterocycles. The highest BCUT2D eigenvalue weighted by molar-refractivity contribution is 5.81. The smallest absolute Gasteiger partial charge is 0.408 e. The third-order valence-electron chi connectivity index (χ3n) is 3.34. The maximum atomic E-state index is 11.4. The molecule has 0 unspecified atom stereocenters. The fourth-order valence-corrected chi connectivity index (χ4v) is 2.35. The molecule has 0 spiro atoms. The minimum Gasteiger partial charge on any atom is -0.467 e. The highest BCUT2D eigenvalue weighted by Crippen LogP contribution is 2.43. The van der Waals surface area contributed by atoms with Crippen LogP contribution in [0.15, 0.2) is 0 Å². The van der Waals surface area contributed by atoms with Gasteiger partial charge in [0, 0.05) is 6.54 Å². The molecule has 5 nitrogen and oxygen atoms in total. The third kappa shape index (κ3) is 1.91. The lowest BCUT2D eigenvalue weighted by Gasteiger charge is -2.18. The first kappa shape index (κ1) is 10.3. The fraction of sp³-hybridized carbons (Fsp3) is 0.800. The second-order valence-electron chi connectivity index (χ2n) is 4.31. The van der Waals surface area contributed by atoms with Crippen molar-refractivity contribution in [1.29, 1.82) is 0 Å². The molecule has 0 aromatic rings. The summed E-state index contributed by atoms with van der Waals surface area (Å²) in [4.78, 5) is 23.5. The molecule has 1 saturated carbocycles. The Labute approximate surface area is 88.0 Å². The predicted octanol–water partition coefficient (Wildman–Crippen LogP) is 0.938. The van der Waals surface area contributed by atoms with Crippen LogP contribution in [-0.4, -0.2) is 41.8 Å². The summed E-state index contributed by atoms with van der Waals surface area (Å²) >= 11 is 0. The van der Waals surface area contributed by atoms with Crippen LogP contribution in [0.3, 0.4) is 0 Å². The van der Waals surface area contributed by atoms with E-state index in [0.29, 0.717) is 24.8 Å². The number of nitrogens with zero attached hydrogens (tertiary/aromatic N) is 1. The van der Waals surface area contributed by atoms with E-state index >= 15 is 0 Å². The van der Waals surface area contributed by atoms with E-state index in [-0.39, 0.29) is 0 Å². The van der Waals surface area contributed by atoms with Crippen LogP contribution in [0.5, 0.6) is 0 Å². The van der Waals surface area contributed by atoms with Crippen LogP contribution in [0.4, 0.5) is 4.79 Å². The second-order valence-corrected chi connectivity index (χ2v) is 4.31. The van der Waals surface area contributed by atoms with Gasteiger partial charge in [-0.3, -0.25) is 4.90 Å². The summed E-state index contributed by atoms with van der Waals surface area (Å²) in [5.41, 5.74) is 0.